The second-order valence-electron chi connectivity index (χ2n) is 5.17. The maximum Gasteiger partial charge on any atom is 0.234 e. The van der Waals surface area contributed by atoms with Crippen LogP contribution in [-0.2, 0) is 11.8 Å². The summed E-state index contributed by atoms with van der Waals surface area (Å²) in [5, 5.41) is 12.8. The Bertz CT molecular complexity index is 963. The van der Waals surface area contributed by atoms with Gasteiger partial charge in [0.1, 0.15) is 0 Å². The van der Waals surface area contributed by atoms with Crippen LogP contribution in [0.1, 0.15) is 0 Å². The largest absolute Gasteiger partial charge is 0.323 e. The molecule has 3 rings (SSSR count). The first-order valence-corrected chi connectivity index (χ1v) is 9.45. The summed E-state index contributed by atoms with van der Waals surface area (Å²) >= 11 is 19.3. The molecule has 0 radical (unpaired) electrons. The van der Waals surface area contributed by atoms with Gasteiger partial charge in [-0.15, -0.1) is 10.2 Å². The molecule has 26 heavy (non-hydrogen) atoms. The molecule has 6 nitrogen and oxygen atoms in total. The zero-order valence-corrected chi connectivity index (χ0v) is 16.5. The second-order valence-corrected chi connectivity index (χ2v) is 7.31. The van der Waals surface area contributed by atoms with Crippen LogP contribution in [0.4, 0.5) is 5.69 Å². The van der Waals surface area contributed by atoms with Gasteiger partial charge in [0.25, 0.3) is 0 Å². The third-order valence-corrected chi connectivity index (χ3v) is 5.24. The molecule has 0 aliphatic carbocycles. The van der Waals surface area contributed by atoms with Crippen molar-refractivity contribution in [3.8, 4) is 11.4 Å². The third-order valence-electron chi connectivity index (χ3n) is 3.37. The van der Waals surface area contributed by atoms with Crippen LogP contribution < -0.4 is 5.32 Å². The summed E-state index contributed by atoms with van der Waals surface area (Å²) in [6, 6.07) is 8.53. The highest BCUT2D eigenvalue weighted by molar-refractivity contribution is 7.99. The van der Waals surface area contributed by atoms with E-state index >= 15 is 0 Å². The number of hydrogen-bond donors (Lipinski definition) is 1. The van der Waals surface area contributed by atoms with E-state index in [-0.39, 0.29) is 16.8 Å². The molecule has 2 heterocycles. The van der Waals surface area contributed by atoms with E-state index in [9.17, 15) is 4.79 Å². The average molecular weight is 429 g/mol. The van der Waals surface area contributed by atoms with Crippen LogP contribution in [0, 0.1) is 0 Å². The number of benzene rings is 1. The van der Waals surface area contributed by atoms with Crippen molar-refractivity contribution in [2.45, 2.75) is 5.16 Å². The zero-order chi connectivity index (χ0) is 18.7. The quantitative estimate of drug-likeness (QED) is 0.476. The molecule has 1 aromatic carbocycles. The van der Waals surface area contributed by atoms with Gasteiger partial charge in [-0.25, -0.2) is 4.98 Å². The van der Waals surface area contributed by atoms with Gasteiger partial charge < -0.3 is 9.88 Å². The first kappa shape index (κ1) is 19.0. The van der Waals surface area contributed by atoms with E-state index < -0.39 is 0 Å². The van der Waals surface area contributed by atoms with E-state index in [4.69, 9.17) is 34.8 Å². The number of carbonyl (C=O) groups is 1. The fourth-order valence-electron chi connectivity index (χ4n) is 2.14. The smallest absolute Gasteiger partial charge is 0.234 e. The second kappa shape index (κ2) is 8.26. The number of carbonyl (C=O) groups excluding carboxylic acids is 1. The van der Waals surface area contributed by atoms with Gasteiger partial charge in [0, 0.05) is 23.8 Å². The molecule has 1 N–H and O–H groups in total. The van der Waals surface area contributed by atoms with Crippen molar-refractivity contribution in [1.82, 2.24) is 19.7 Å². The van der Waals surface area contributed by atoms with Crippen LogP contribution in [0.3, 0.4) is 0 Å². The van der Waals surface area contributed by atoms with Crippen LogP contribution in [-0.4, -0.2) is 31.4 Å². The fraction of sp³-hybridized carbons (Fsp3) is 0.125. The third kappa shape index (κ3) is 4.29. The molecule has 0 unspecified atom stereocenters. The molecule has 2 aromatic heterocycles. The number of anilines is 1. The van der Waals surface area contributed by atoms with Crippen molar-refractivity contribution >= 4 is 58.2 Å². The Morgan fingerprint density at radius 1 is 1.23 bits per heavy atom. The lowest BCUT2D eigenvalue weighted by atomic mass is 10.2. The Morgan fingerprint density at radius 3 is 2.77 bits per heavy atom. The van der Waals surface area contributed by atoms with Gasteiger partial charge in [0.2, 0.25) is 5.91 Å². The maximum absolute atomic E-state index is 12.1. The van der Waals surface area contributed by atoms with Gasteiger partial charge in [0.15, 0.2) is 16.1 Å². The topological polar surface area (TPSA) is 72.7 Å². The molecule has 0 bridgehead atoms. The van der Waals surface area contributed by atoms with Gasteiger partial charge in [-0.1, -0.05) is 46.6 Å². The summed E-state index contributed by atoms with van der Waals surface area (Å²) in [5.41, 5.74) is 1.18. The van der Waals surface area contributed by atoms with Crippen molar-refractivity contribution in [1.29, 1.82) is 0 Å². The lowest BCUT2D eigenvalue weighted by Gasteiger charge is -2.07. The van der Waals surface area contributed by atoms with Crippen molar-refractivity contribution < 1.29 is 4.79 Å². The number of nitrogens with zero attached hydrogens (tertiary/aromatic N) is 4. The Hall–Kier alpha value is -1.80. The maximum atomic E-state index is 12.1. The molecule has 0 aliphatic heterocycles. The average Bonchev–Trinajstić information content (AvgIpc) is 2.96. The van der Waals surface area contributed by atoms with E-state index in [2.05, 4.69) is 20.5 Å². The summed E-state index contributed by atoms with van der Waals surface area (Å²) in [6.45, 7) is 0. The molecule has 0 saturated carbocycles. The minimum atomic E-state index is -0.223. The van der Waals surface area contributed by atoms with Gasteiger partial charge in [-0.3, -0.25) is 4.79 Å². The van der Waals surface area contributed by atoms with Crippen molar-refractivity contribution in [3.05, 3.63) is 51.7 Å². The van der Waals surface area contributed by atoms with Gasteiger partial charge in [0.05, 0.1) is 16.5 Å². The summed E-state index contributed by atoms with van der Waals surface area (Å²) in [6.07, 6.45) is 1.55. The molecule has 10 heteroatoms. The molecule has 0 fully saturated rings. The molecular formula is C16H12Cl3N5OS. The molecule has 1 amide bonds. The molecule has 0 saturated heterocycles. The molecule has 0 atom stereocenters. The normalized spacial score (nSPS) is 10.8. The Labute approximate surface area is 168 Å². The standard InChI is InChI=1S/C16H12Cl3N5OS/c1-24-15(10-5-4-9(17)7-11(10)18)22-23-16(24)26-8-13(25)21-12-3-2-6-20-14(12)19/h2-7H,8H2,1H3,(H,21,25). The fourth-order valence-corrected chi connectivity index (χ4v) is 3.51. The van der Waals surface area contributed by atoms with Crippen molar-refractivity contribution in [2.75, 3.05) is 11.1 Å². The number of halogens is 3. The molecular weight excluding hydrogens is 417 g/mol. The lowest BCUT2D eigenvalue weighted by molar-refractivity contribution is -0.113. The summed E-state index contributed by atoms with van der Waals surface area (Å²) in [4.78, 5) is 16.0. The number of nitrogens with one attached hydrogen (secondary N) is 1. The molecule has 0 aliphatic rings. The van der Waals surface area contributed by atoms with Crippen molar-refractivity contribution in [2.24, 2.45) is 7.05 Å². The molecule has 134 valence electrons. The van der Waals surface area contributed by atoms with E-state index in [0.29, 0.717) is 32.3 Å². The minimum Gasteiger partial charge on any atom is -0.323 e. The Morgan fingerprint density at radius 2 is 2.04 bits per heavy atom. The zero-order valence-electron chi connectivity index (χ0n) is 13.4. The first-order chi connectivity index (χ1) is 12.5. The summed E-state index contributed by atoms with van der Waals surface area (Å²) < 4.78 is 1.77. The first-order valence-electron chi connectivity index (χ1n) is 7.33. The highest BCUT2D eigenvalue weighted by atomic mass is 35.5. The Balaban J connectivity index is 1.69. The van der Waals surface area contributed by atoms with Gasteiger partial charge in [-0.05, 0) is 30.3 Å². The van der Waals surface area contributed by atoms with Crippen molar-refractivity contribution in [3.63, 3.8) is 0 Å². The van der Waals surface area contributed by atoms with E-state index in [1.807, 2.05) is 0 Å². The number of rotatable bonds is 5. The summed E-state index contributed by atoms with van der Waals surface area (Å²) in [7, 11) is 1.80. The van der Waals surface area contributed by atoms with Gasteiger partial charge in [-0.2, -0.15) is 0 Å². The van der Waals surface area contributed by atoms with Crippen LogP contribution in [0.2, 0.25) is 15.2 Å². The number of aromatic nitrogens is 4. The number of hydrogen-bond acceptors (Lipinski definition) is 5. The highest BCUT2D eigenvalue weighted by Gasteiger charge is 2.15. The Kier molecular flexibility index (Phi) is 6.03. The molecule has 0 spiro atoms. The summed E-state index contributed by atoms with van der Waals surface area (Å²) in [5.74, 6) is 0.509. The van der Waals surface area contributed by atoms with Crippen LogP contribution in [0.15, 0.2) is 41.7 Å². The van der Waals surface area contributed by atoms with Crippen LogP contribution in [0.5, 0.6) is 0 Å². The monoisotopic (exact) mass is 427 g/mol. The van der Waals surface area contributed by atoms with E-state index in [1.165, 1.54) is 11.8 Å². The van der Waals surface area contributed by atoms with E-state index in [0.717, 1.165) is 0 Å². The van der Waals surface area contributed by atoms with Crippen LogP contribution >= 0.6 is 46.6 Å². The number of pyridine rings is 1. The van der Waals surface area contributed by atoms with E-state index in [1.54, 1.807) is 48.1 Å². The predicted molar refractivity (Wildman–Crippen MR) is 105 cm³/mol. The number of amides is 1. The van der Waals surface area contributed by atoms with Crippen LogP contribution in [0.25, 0.3) is 11.4 Å². The molecule has 3 aromatic rings. The minimum absolute atomic E-state index is 0.144. The predicted octanol–water partition coefficient (Wildman–Crippen LogP) is 4.57. The lowest BCUT2D eigenvalue weighted by Crippen LogP contribution is -2.15. The van der Waals surface area contributed by atoms with Gasteiger partial charge >= 0.3 is 0 Å². The SMILES string of the molecule is Cn1c(SCC(=O)Nc2cccnc2Cl)nnc1-c1ccc(Cl)cc1Cl. The highest BCUT2D eigenvalue weighted by Crippen LogP contribution is 2.30. The number of thioether (sulfide) groups is 1.